The van der Waals surface area contributed by atoms with E-state index in [1.807, 2.05) is 0 Å². The molecule has 2 aliphatic heterocycles. The van der Waals surface area contributed by atoms with E-state index in [0.717, 1.165) is 30.6 Å². The maximum Gasteiger partial charge on any atom is 0.481 e. The molecule has 50 heavy (non-hydrogen) atoms. The fourth-order valence-corrected chi connectivity index (χ4v) is 7.41. The van der Waals surface area contributed by atoms with Gasteiger partial charge in [-0.15, -0.1) is 0 Å². The second-order valence-electron chi connectivity index (χ2n) is 12.8. The lowest BCUT2D eigenvalue weighted by atomic mass is 10.1. The van der Waals surface area contributed by atoms with Crippen LogP contribution < -0.4 is 16.8 Å². The van der Waals surface area contributed by atoms with Crippen LogP contribution >= 0.6 is 15.6 Å². The number of nitrogens with one attached hydrogen (secondary N) is 1. The molecule has 22 nitrogen and oxygen atoms in total. The molecule has 0 radical (unpaired) electrons. The summed E-state index contributed by atoms with van der Waals surface area (Å²) in [7, 11) is -10.9. The highest BCUT2D eigenvalue weighted by Crippen LogP contribution is 2.60. The van der Waals surface area contributed by atoms with Gasteiger partial charge in [0.2, 0.25) is 5.95 Å². The molecule has 0 saturated carbocycles. The van der Waals surface area contributed by atoms with E-state index in [1.54, 1.807) is 20.8 Å². The van der Waals surface area contributed by atoms with Crippen molar-refractivity contribution in [2.75, 3.05) is 43.9 Å². The first-order valence-electron chi connectivity index (χ1n) is 15.8. The third kappa shape index (κ3) is 10.1. The summed E-state index contributed by atoms with van der Waals surface area (Å²) >= 11 is 0. The monoisotopic (exact) mass is 756 g/mol. The van der Waals surface area contributed by atoms with Gasteiger partial charge in [-0.3, -0.25) is 18.5 Å². The number of nitrogens with zero attached hydrogens (tertiary/aromatic N) is 5. The molecule has 24 heteroatoms. The number of hydrogen-bond donors (Lipinski definition) is 9. The quantitative estimate of drug-likeness (QED) is 0.0773. The minimum atomic E-state index is -5.43. The molecule has 2 fully saturated rings. The molecule has 284 valence electrons. The van der Waals surface area contributed by atoms with E-state index in [1.165, 1.54) is 10.9 Å². The third-order valence-electron chi connectivity index (χ3n) is 7.73. The van der Waals surface area contributed by atoms with Crippen molar-refractivity contribution in [3.8, 4) is 0 Å². The van der Waals surface area contributed by atoms with Gasteiger partial charge in [0.05, 0.1) is 31.9 Å². The number of aliphatic hydroxyl groups is 4. The predicted molar refractivity (Wildman–Crippen MR) is 173 cm³/mol. The number of nitrogen functional groups attached to an aromatic ring is 1. The topological polar surface area (TPSA) is 330 Å². The number of carbonyl (C=O) groups is 1. The molecule has 2 aromatic heterocycles. The first-order chi connectivity index (χ1) is 23.3. The van der Waals surface area contributed by atoms with Crippen molar-refractivity contribution in [3.63, 3.8) is 0 Å². The number of unbranched alkanes of at least 4 members (excludes halogenated alkanes) is 3. The summed E-state index contributed by atoms with van der Waals surface area (Å²) in [5, 5.41) is 45.2. The fourth-order valence-electron chi connectivity index (χ4n) is 5.32. The van der Waals surface area contributed by atoms with Crippen LogP contribution in [0.25, 0.3) is 11.2 Å². The molecule has 0 bridgehead atoms. The summed E-state index contributed by atoms with van der Waals surface area (Å²) in [4.78, 5) is 46.4. The van der Waals surface area contributed by atoms with Gasteiger partial charge in [-0.25, -0.2) is 28.9 Å². The summed E-state index contributed by atoms with van der Waals surface area (Å²) in [5.41, 5.74) is 10.9. The molecule has 9 atom stereocenters. The Bertz CT molecular complexity index is 1560. The maximum atomic E-state index is 12.7. The number of anilines is 2. The van der Waals surface area contributed by atoms with Crippen molar-refractivity contribution < 1.29 is 67.0 Å². The van der Waals surface area contributed by atoms with Crippen molar-refractivity contribution in [3.05, 3.63) is 6.33 Å². The van der Waals surface area contributed by atoms with Crippen LogP contribution in [0, 0.1) is 0 Å². The van der Waals surface area contributed by atoms with E-state index in [-0.39, 0.29) is 29.5 Å². The molecule has 2 saturated heterocycles. The molecule has 2 unspecified atom stereocenters. The lowest BCUT2D eigenvalue weighted by molar-refractivity contribution is -0.0495. The number of aliphatic hydroxyl groups excluding tert-OH is 4. The number of carbonyl (C=O) groups excluding carboxylic acids is 1. The Morgan fingerprint density at radius 3 is 2.34 bits per heavy atom. The maximum absolute atomic E-state index is 12.7. The second-order valence-corrected chi connectivity index (χ2v) is 15.8. The lowest BCUT2D eigenvalue weighted by Crippen LogP contribution is -2.45. The van der Waals surface area contributed by atoms with E-state index in [0.29, 0.717) is 13.1 Å². The van der Waals surface area contributed by atoms with Crippen LogP contribution in [0.1, 0.15) is 52.7 Å². The highest BCUT2D eigenvalue weighted by Gasteiger charge is 2.48. The Morgan fingerprint density at radius 1 is 1.02 bits per heavy atom. The molecule has 1 amide bonds. The number of ether oxygens (including phenoxy) is 2. The number of nitrogens with two attached hydrogens (primary N) is 2. The zero-order valence-electron chi connectivity index (χ0n) is 27.7. The highest BCUT2D eigenvalue weighted by atomic mass is 31.3. The third-order valence-corrected chi connectivity index (χ3v) is 10.3. The van der Waals surface area contributed by atoms with Crippen molar-refractivity contribution in [2.45, 2.75) is 94.8 Å². The number of phosphoric acid groups is 2. The molecule has 2 aliphatic rings. The SMILES string of the molecule is CC(C)(C)OC(=O)N1C[C@H](O)[C@H](O)[C@H]1COP(=O)(O)OP(=O)(O)OC[C@H]1O[C@@H](n2c(NCCCCCCN)nc3c(N)ncnc32)[C@H](O)[C@@H]1O. The molecular formula is C26H46N8O14P2. The van der Waals surface area contributed by atoms with E-state index < -0.39 is 83.3 Å². The molecule has 0 aliphatic carbocycles. The molecule has 4 rings (SSSR count). The molecule has 4 heterocycles. The minimum absolute atomic E-state index is 0.0397. The Hall–Kier alpha value is -2.56. The van der Waals surface area contributed by atoms with Gasteiger partial charge in [-0.2, -0.15) is 4.31 Å². The normalized spacial score (nSPS) is 28.1. The van der Waals surface area contributed by atoms with Gasteiger partial charge in [-0.05, 0) is 40.2 Å². The van der Waals surface area contributed by atoms with Crippen LogP contribution in [0.3, 0.4) is 0 Å². The van der Waals surface area contributed by atoms with Gasteiger partial charge in [0.25, 0.3) is 0 Å². The van der Waals surface area contributed by atoms with Crippen molar-refractivity contribution in [1.82, 2.24) is 24.4 Å². The highest BCUT2D eigenvalue weighted by molar-refractivity contribution is 7.61. The van der Waals surface area contributed by atoms with Crippen molar-refractivity contribution in [2.24, 2.45) is 5.73 Å². The van der Waals surface area contributed by atoms with Gasteiger partial charge >= 0.3 is 21.7 Å². The summed E-state index contributed by atoms with van der Waals surface area (Å²) in [6, 6.07) is -1.39. The molecular weight excluding hydrogens is 710 g/mol. The van der Waals surface area contributed by atoms with Gasteiger partial charge in [0.15, 0.2) is 23.2 Å². The zero-order chi connectivity index (χ0) is 37.0. The smallest absolute Gasteiger partial charge is 0.444 e. The van der Waals surface area contributed by atoms with E-state index in [9.17, 15) is 44.1 Å². The van der Waals surface area contributed by atoms with Gasteiger partial charge < -0.3 is 56.5 Å². The van der Waals surface area contributed by atoms with Gasteiger partial charge in [0, 0.05) is 6.54 Å². The van der Waals surface area contributed by atoms with Gasteiger partial charge in [-0.1, -0.05) is 12.8 Å². The number of phosphoric ester groups is 2. The molecule has 0 spiro atoms. The van der Waals surface area contributed by atoms with Crippen LogP contribution in [0.4, 0.5) is 16.6 Å². The minimum Gasteiger partial charge on any atom is -0.444 e. The second kappa shape index (κ2) is 16.4. The van der Waals surface area contributed by atoms with E-state index in [4.69, 9.17) is 30.0 Å². The van der Waals surface area contributed by atoms with E-state index >= 15 is 0 Å². The zero-order valence-corrected chi connectivity index (χ0v) is 29.5. The Balaban J connectivity index is 1.39. The van der Waals surface area contributed by atoms with Crippen molar-refractivity contribution in [1.29, 1.82) is 0 Å². The summed E-state index contributed by atoms with van der Waals surface area (Å²) in [6.07, 6.45) is -5.56. The average Bonchev–Trinajstić information content (AvgIpc) is 3.62. The van der Waals surface area contributed by atoms with Crippen molar-refractivity contribution >= 4 is 44.7 Å². The Morgan fingerprint density at radius 2 is 1.68 bits per heavy atom. The summed E-state index contributed by atoms with van der Waals surface area (Å²) in [6.45, 7) is 3.57. The fraction of sp³-hybridized carbons (Fsp3) is 0.769. The average molecular weight is 757 g/mol. The first kappa shape index (κ1) is 40.2. The Kier molecular flexibility index (Phi) is 13.2. The first-order valence-corrected chi connectivity index (χ1v) is 18.8. The largest absolute Gasteiger partial charge is 0.481 e. The van der Waals surface area contributed by atoms with Crippen LogP contribution in [-0.2, 0) is 32.0 Å². The van der Waals surface area contributed by atoms with Gasteiger partial charge in [0.1, 0.15) is 36.3 Å². The van der Waals surface area contributed by atoms with Crippen LogP contribution in [0.2, 0.25) is 0 Å². The van der Waals surface area contributed by atoms with Crippen LogP contribution in [0.15, 0.2) is 6.33 Å². The number of hydrogen-bond acceptors (Lipinski definition) is 18. The number of imidazole rings is 1. The summed E-state index contributed by atoms with van der Waals surface area (Å²) < 4.78 is 51.6. The number of fused-ring (bicyclic) bond motifs is 1. The molecule has 2 aromatic rings. The Labute approximate surface area is 286 Å². The lowest BCUT2D eigenvalue weighted by Gasteiger charge is -2.29. The summed E-state index contributed by atoms with van der Waals surface area (Å²) in [5.74, 6) is 0.223. The number of likely N-dealkylation sites (tertiary alicyclic amines) is 1. The van der Waals surface area contributed by atoms with Crippen LogP contribution in [-0.4, -0.2) is 136 Å². The van der Waals surface area contributed by atoms with Crippen LogP contribution in [0.5, 0.6) is 0 Å². The number of aromatic nitrogens is 4. The molecule has 0 aromatic carbocycles. The number of amides is 1. The number of β-amino-alcohol motifs (C(OH)–C–C–N with tert-alkyl or cyclic N) is 1. The van der Waals surface area contributed by atoms with E-state index in [2.05, 4.69) is 24.6 Å². The predicted octanol–water partition coefficient (Wildman–Crippen LogP) is -0.450. The molecule has 11 N–H and O–H groups in total. The standard InChI is InChI=1S/C26H46N8O14P2/c1-26(2,3)47-25(39)33-10-15(35)18(36)14(33)11-44-49(40,41)48-50(42,43)45-12-16-19(37)20(38)23(46-16)34-22-17(21(28)30-13-31-22)32-24(34)29-9-7-5-4-6-8-27/h13-16,18-20,23,35-38H,4-12,27H2,1-3H3,(H,29,32)(H,40,41)(H,42,43)(H2,28,30,31)/t14-,15+,16-,18-,19-,20-,23-/m1/s1. The number of rotatable bonds is 16.